The number of hydrogen-bond donors (Lipinski definition) is 0. The number of benzene rings is 7. The van der Waals surface area contributed by atoms with Crippen molar-refractivity contribution in [1.82, 2.24) is 4.90 Å². The van der Waals surface area contributed by atoms with Crippen LogP contribution in [0.15, 0.2) is 190 Å². The molecule has 0 bridgehead atoms. The molecule has 12 rings (SSSR count). The lowest BCUT2D eigenvalue weighted by atomic mass is 9.82. The summed E-state index contributed by atoms with van der Waals surface area (Å²) >= 11 is 0. The molecule has 3 heterocycles. The highest BCUT2D eigenvalue weighted by Crippen LogP contribution is 2.49. The van der Waals surface area contributed by atoms with Crippen LogP contribution in [0.4, 0.5) is 0 Å². The summed E-state index contributed by atoms with van der Waals surface area (Å²) in [6.07, 6.45) is 11.7. The molecule has 1 aromatic heterocycles. The van der Waals surface area contributed by atoms with Crippen molar-refractivity contribution < 1.29 is 9.15 Å². The third-order valence-electron chi connectivity index (χ3n) is 12.9. The van der Waals surface area contributed by atoms with E-state index in [1.807, 2.05) is 18.2 Å². The SMILES string of the molecule is CC1CC=Cc2cc(-c3ccc(C4=NC(C5=CC=CC6Oc7cc(-c8cccc9oc%10ccccc%10c89)ccc7C56)N(C)C(c5ccc6ccccc6c5)=N4)cc3)ccc21. The summed E-state index contributed by atoms with van der Waals surface area (Å²) in [5.74, 6) is 3.04. The van der Waals surface area contributed by atoms with Crippen LogP contribution in [0.3, 0.4) is 0 Å². The number of likely N-dealkylation sites (N-methyl/N-ethyl adjacent to an activating group) is 1. The summed E-state index contributed by atoms with van der Waals surface area (Å²) < 4.78 is 13.1. The monoisotopic (exact) mass is 775 g/mol. The van der Waals surface area contributed by atoms with Crippen LogP contribution in [0, 0.1) is 0 Å². The highest BCUT2D eigenvalue weighted by Gasteiger charge is 2.42. The summed E-state index contributed by atoms with van der Waals surface area (Å²) in [4.78, 5) is 13.1. The van der Waals surface area contributed by atoms with Gasteiger partial charge >= 0.3 is 0 Å². The van der Waals surface area contributed by atoms with Crippen LogP contribution in [-0.2, 0) is 0 Å². The number of hydrogen-bond acceptors (Lipinski definition) is 5. The second-order valence-corrected chi connectivity index (χ2v) is 16.5. The van der Waals surface area contributed by atoms with E-state index in [-0.39, 0.29) is 18.2 Å². The summed E-state index contributed by atoms with van der Waals surface area (Å²) in [5, 5.41) is 4.62. The van der Waals surface area contributed by atoms with Crippen LogP contribution >= 0.6 is 0 Å². The molecule has 0 radical (unpaired) electrons. The fraction of sp³-hybridized carbons (Fsp3) is 0.127. The largest absolute Gasteiger partial charge is 0.485 e. The van der Waals surface area contributed by atoms with Crippen molar-refractivity contribution >= 4 is 50.5 Å². The van der Waals surface area contributed by atoms with Crippen molar-refractivity contribution in [1.29, 1.82) is 0 Å². The Kier molecular flexibility index (Phi) is 7.92. The molecule has 0 saturated heterocycles. The van der Waals surface area contributed by atoms with Crippen molar-refractivity contribution in [3.8, 4) is 28.0 Å². The maximum Gasteiger partial charge on any atom is 0.159 e. The Hall–Kier alpha value is -7.24. The summed E-state index contributed by atoms with van der Waals surface area (Å²) in [5.41, 5.74) is 13.5. The van der Waals surface area contributed by atoms with Crippen LogP contribution in [0.1, 0.15) is 53.0 Å². The van der Waals surface area contributed by atoms with Crippen LogP contribution in [0.25, 0.3) is 61.0 Å². The summed E-state index contributed by atoms with van der Waals surface area (Å²) in [6, 6.07) is 52.0. The minimum atomic E-state index is -0.314. The fourth-order valence-electron chi connectivity index (χ4n) is 9.86. The number of nitrogens with zero attached hydrogens (tertiary/aromatic N) is 3. The molecule has 0 saturated carbocycles. The molecule has 8 aromatic rings. The van der Waals surface area contributed by atoms with E-state index < -0.39 is 0 Å². The molecule has 4 atom stereocenters. The van der Waals surface area contributed by atoms with Gasteiger partial charge < -0.3 is 14.1 Å². The van der Waals surface area contributed by atoms with E-state index in [2.05, 4.69) is 177 Å². The van der Waals surface area contributed by atoms with E-state index in [0.717, 1.165) is 68.0 Å². The van der Waals surface area contributed by atoms with Gasteiger partial charge in [0.25, 0.3) is 0 Å². The van der Waals surface area contributed by atoms with Gasteiger partial charge in [0.15, 0.2) is 5.84 Å². The Morgan fingerprint density at radius 3 is 2.35 bits per heavy atom. The lowest BCUT2D eigenvalue weighted by Gasteiger charge is -2.37. The number of furan rings is 1. The molecule has 5 heteroatoms. The van der Waals surface area contributed by atoms with E-state index in [0.29, 0.717) is 5.92 Å². The van der Waals surface area contributed by atoms with Crippen LogP contribution in [-0.4, -0.2) is 35.9 Å². The third-order valence-corrected chi connectivity index (χ3v) is 12.9. The topological polar surface area (TPSA) is 50.3 Å². The second kappa shape index (κ2) is 13.7. The van der Waals surface area contributed by atoms with Gasteiger partial charge in [-0.2, -0.15) is 0 Å². The molecule has 4 unspecified atom stereocenters. The van der Waals surface area contributed by atoms with Crippen LogP contribution in [0.5, 0.6) is 5.75 Å². The molecule has 0 N–H and O–H groups in total. The Bertz CT molecular complexity index is 3220. The Morgan fingerprint density at radius 1 is 0.667 bits per heavy atom. The molecule has 2 aliphatic carbocycles. The van der Waals surface area contributed by atoms with Gasteiger partial charge in [-0.1, -0.05) is 146 Å². The van der Waals surface area contributed by atoms with Crippen LogP contribution in [0.2, 0.25) is 0 Å². The molecule has 0 spiro atoms. The molecule has 7 aromatic carbocycles. The Morgan fingerprint density at radius 2 is 1.43 bits per heavy atom. The minimum Gasteiger partial charge on any atom is -0.485 e. The Labute approximate surface area is 349 Å². The first-order valence-corrected chi connectivity index (χ1v) is 20.9. The van der Waals surface area contributed by atoms with Crippen molar-refractivity contribution in [3.63, 3.8) is 0 Å². The smallest absolute Gasteiger partial charge is 0.159 e. The van der Waals surface area contributed by atoms with Gasteiger partial charge in [0.05, 0.1) is 5.92 Å². The summed E-state index contributed by atoms with van der Waals surface area (Å²) in [7, 11) is 2.12. The first-order valence-electron chi connectivity index (χ1n) is 20.9. The van der Waals surface area contributed by atoms with Gasteiger partial charge in [-0.05, 0) is 98.5 Å². The average Bonchev–Trinajstić information content (AvgIpc) is 3.87. The number of ether oxygens (including phenoxy) is 1. The number of para-hydroxylation sites is 1. The van der Waals surface area contributed by atoms with E-state index >= 15 is 0 Å². The van der Waals surface area contributed by atoms with E-state index in [1.165, 1.54) is 44.2 Å². The molecule has 0 amide bonds. The average molecular weight is 776 g/mol. The maximum absolute atomic E-state index is 6.82. The molecule has 4 aliphatic rings. The molecule has 60 heavy (non-hydrogen) atoms. The molecular weight excluding hydrogens is 735 g/mol. The number of fused-ring (bicyclic) bond motifs is 8. The first-order chi connectivity index (χ1) is 29.5. The van der Waals surface area contributed by atoms with E-state index in [4.69, 9.17) is 19.1 Å². The highest BCUT2D eigenvalue weighted by molar-refractivity contribution is 6.14. The van der Waals surface area contributed by atoms with Crippen molar-refractivity contribution in [2.75, 3.05) is 7.05 Å². The van der Waals surface area contributed by atoms with Gasteiger partial charge in [-0.3, -0.25) is 0 Å². The zero-order valence-electron chi connectivity index (χ0n) is 33.4. The Balaban J connectivity index is 0.932. The minimum absolute atomic E-state index is 0.0128. The maximum atomic E-state index is 6.82. The molecular formula is C55H41N3O2. The zero-order valence-corrected chi connectivity index (χ0v) is 33.4. The zero-order chi connectivity index (χ0) is 39.9. The number of allylic oxidation sites excluding steroid dienone is 3. The molecule has 2 aliphatic heterocycles. The predicted octanol–water partition coefficient (Wildman–Crippen LogP) is 13.1. The van der Waals surface area contributed by atoms with Gasteiger partial charge in [-0.25, -0.2) is 9.98 Å². The standard InChI is InChI=1S/C55H41N3O2/c1-33-10-7-13-39-30-38(26-28-42(33)39)35-20-23-36(24-21-35)53-56-54(41-25-22-34-11-3-4-12-37(34)31-41)58(2)55(57-53)46-16-9-19-49-52(46)45-29-27-40(32-50(45)60-49)43-15-8-18-48-51(43)44-14-5-6-17-47(44)59-48/h3-9,11-33,49,52,55H,10H2,1-2H3. The lowest BCUT2D eigenvalue weighted by molar-refractivity contribution is 0.255. The molecule has 0 fully saturated rings. The highest BCUT2D eigenvalue weighted by atomic mass is 16.5. The second-order valence-electron chi connectivity index (χ2n) is 16.5. The summed E-state index contributed by atoms with van der Waals surface area (Å²) in [6.45, 7) is 2.30. The van der Waals surface area contributed by atoms with Gasteiger partial charge in [0, 0.05) is 34.5 Å². The molecule has 288 valence electrons. The van der Waals surface area contributed by atoms with Crippen molar-refractivity contribution in [2.45, 2.75) is 37.5 Å². The first kappa shape index (κ1) is 34.8. The lowest BCUT2D eigenvalue weighted by Crippen LogP contribution is -2.44. The normalized spacial score (nSPS) is 20.4. The number of rotatable bonds is 5. The van der Waals surface area contributed by atoms with Gasteiger partial charge in [0.2, 0.25) is 0 Å². The van der Waals surface area contributed by atoms with E-state index in [9.17, 15) is 0 Å². The van der Waals surface area contributed by atoms with Crippen molar-refractivity contribution in [3.05, 3.63) is 203 Å². The number of amidine groups is 2. The van der Waals surface area contributed by atoms with Crippen molar-refractivity contribution in [2.24, 2.45) is 9.98 Å². The van der Waals surface area contributed by atoms with E-state index in [1.54, 1.807) is 0 Å². The number of aliphatic imine (C=N–C) groups is 2. The predicted molar refractivity (Wildman–Crippen MR) is 246 cm³/mol. The quantitative estimate of drug-likeness (QED) is 0.175. The third kappa shape index (κ3) is 5.60. The van der Waals surface area contributed by atoms with Gasteiger partial charge in [0.1, 0.15) is 35.0 Å². The van der Waals surface area contributed by atoms with Gasteiger partial charge in [-0.15, -0.1) is 0 Å². The van der Waals surface area contributed by atoms with Crippen LogP contribution < -0.4 is 4.74 Å². The fourth-order valence-corrected chi connectivity index (χ4v) is 9.86. The molecule has 5 nitrogen and oxygen atoms in total.